The number of hydrogen-bond donors (Lipinski definition) is 1. The molecule has 0 unspecified atom stereocenters. The third kappa shape index (κ3) is 1.50. The number of benzene rings is 1. The Morgan fingerprint density at radius 1 is 1.43 bits per heavy atom. The maximum Gasteiger partial charge on any atom is 0.0911 e. The highest BCUT2D eigenvalue weighted by Gasteiger charge is 2.38. The van der Waals surface area contributed by atoms with E-state index in [4.69, 9.17) is 11.6 Å². The van der Waals surface area contributed by atoms with Gasteiger partial charge in [-0.15, -0.1) is 0 Å². The minimum atomic E-state index is -0.664. The van der Waals surface area contributed by atoms with Crippen molar-refractivity contribution in [3.8, 4) is 0 Å². The van der Waals surface area contributed by atoms with Crippen molar-refractivity contribution in [2.75, 3.05) is 0 Å². The molecule has 0 spiro atoms. The quantitative estimate of drug-likeness (QED) is 0.827. The summed E-state index contributed by atoms with van der Waals surface area (Å²) in [6.07, 6.45) is 2.74. The third-order valence-corrected chi connectivity index (χ3v) is 4.35. The first-order valence-electron chi connectivity index (χ1n) is 4.72. The SMILES string of the molecule is Cc1c(Br)ccc(C2(O)CCC2)c1Cl. The van der Waals surface area contributed by atoms with E-state index in [9.17, 15) is 5.11 Å². The molecule has 0 atom stereocenters. The molecule has 1 aromatic rings. The molecule has 1 aliphatic rings. The second-order valence-electron chi connectivity index (χ2n) is 3.92. The molecule has 1 nitrogen and oxygen atoms in total. The number of rotatable bonds is 1. The lowest BCUT2D eigenvalue weighted by atomic mass is 9.75. The van der Waals surface area contributed by atoms with E-state index in [0.717, 1.165) is 34.9 Å². The van der Waals surface area contributed by atoms with E-state index in [-0.39, 0.29) is 0 Å². The van der Waals surface area contributed by atoms with E-state index >= 15 is 0 Å². The highest BCUT2D eigenvalue weighted by atomic mass is 79.9. The van der Waals surface area contributed by atoms with Crippen LogP contribution in [0.2, 0.25) is 5.02 Å². The van der Waals surface area contributed by atoms with Gasteiger partial charge in [0.05, 0.1) is 10.6 Å². The predicted molar refractivity (Wildman–Crippen MR) is 61.6 cm³/mol. The molecule has 0 amide bonds. The first kappa shape index (κ1) is 10.5. The Hall–Kier alpha value is -0.0500. The lowest BCUT2D eigenvalue weighted by Gasteiger charge is -2.38. The molecule has 2 rings (SSSR count). The molecular formula is C11H12BrClO. The summed E-state index contributed by atoms with van der Waals surface area (Å²) in [7, 11) is 0. The fourth-order valence-electron chi connectivity index (χ4n) is 1.80. The largest absolute Gasteiger partial charge is 0.385 e. The predicted octanol–water partition coefficient (Wildman–Crippen LogP) is 3.78. The van der Waals surface area contributed by atoms with E-state index in [1.165, 1.54) is 0 Å². The van der Waals surface area contributed by atoms with Crippen molar-refractivity contribution in [2.45, 2.75) is 31.8 Å². The van der Waals surface area contributed by atoms with E-state index < -0.39 is 5.60 Å². The zero-order chi connectivity index (χ0) is 10.3. The minimum Gasteiger partial charge on any atom is -0.385 e. The molecule has 0 bridgehead atoms. The van der Waals surface area contributed by atoms with Crippen molar-refractivity contribution in [1.82, 2.24) is 0 Å². The molecule has 0 radical (unpaired) electrons. The summed E-state index contributed by atoms with van der Waals surface area (Å²) in [5.41, 5.74) is 1.22. The summed E-state index contributed by atoms with van der Waals surface area (Å²) in [6, 6.07) is 3.87. The first-order chi connectivity index (χ1) is 6.54. The molecular weight excluding hydrogens is 263 g/mol. The van der Waals surface area contributed by atoms with Gasteiger partial charge in [0.15, 0.2) is 0 Å². The molecule has 3 heteroatoms. The molecule has 1 saturated carbocycles. The van der Waals surface area contributed by atoms with Crippen molar-refractivity contribution in [1.29, 1.82) is 0 Å². The molecule has 0 aliphatic heterocycles. The molecule has 1 N–H and O–H groups in total. The van der Waals surface area contributed by atoms with Crippen LogP contribution in [0.3, 0.4) is 0 Å². The molecule has 0 saturated heterocycles. The second kappa shape index (κ2) is 3.51. The third-order valence-electron chi connectivity index (χ3n) is 3.00. The highest BCUT2D eigenvalue weighted by Crippen LogP contribution is 2.45. The lowest BCUT2D eigenvalue weighted by molar-refractivity contribution is -0.0387. The van der Waals surface area contributed by atoms with Crippen LogP contribution in [0.15, 0.2) is 16.6 Å². The Balaban J connectivity index is 2.49. The Morgan fingerprint density at radius 2 is 2.07 bits per heavy atom. The van der Waals surface area contributed by atoms with E-state index in [1.54, 1.807) is 0 Å². The van der Waals surface area contributed by atoms with E-state index in [1.807, 2.05) is 19.1 Å². The molecule has 0 aromatic heterocycles. The summed E-state index contributed by atoms with van der Waals surface area (Å²) < 4.78 is 0.995. The molecule has 76 valence electrons. The molecule has 1 aromatic carbocycles. The average Bonchev–Trinajstić information content (AvgIpc) is 2.11. The zero-order valence-electron chi connectivity index (χ0n) is 7.98. The van der Waals surface area contributed by atoms with Gasteiger partial charge >= 0.3 is 0 Å². The Labute approximate surface area is 97.2 Å². The summed E-state index contributed by atoms with van der Waals surface area (Å²) in [5.74, 6) is 0. The second-order valence-corrected chi connectivity index (χ2v) is 5.15. The number of hydrogen-bond acceptors (Lipinski definition) is 1. The average molecular weight is 276 g/mol. The van der Waals surface area contributed by atoms with Crippen LogP contribution in [0, 0.1) is 6.92 Å². The first-order valence-corrected chi connectivity index (χ1v) is 5.89. The van der Waals surface area contributed by atoms with Gasteiger partial charge in [0.25, 0.3) is 0 Å². The van der Waals surface area contributed by atoms with Crippen LogP contribution in [0.1, 0.15) is 30.4 Å². The summed E-state index contributed by atoms with van der Waals surface area (Å²) in [4.78, 5) is 0. The van der Waals surface area contributed by atoms with Crippen LogP contribution >= 0.6 is 27.5 Å². The van der Waals surface area contributed by atoms with Crippen LogP contribution in [-0.2, 0) is 5.60 Å². The summed E-state index contributed by atoms with van der Waals surface area (Å²) in [5, 5.41) is 10.9. The minimum absolute atomic E-state index is 0.664. The van der Waals surface area contributed by atoms with Gasteiger partial charge < -0.3 is 5.11 Å². The van der Waals surface area contributed by atoms with Crippen LogP contribution in [0.4, 0.5) is 0 Å². The highest BCUT2D eigenvalue weighted by molar-refractivity contribution is 9.10. The molecule has 1 fully saturated rings. The topological polar surface area (TPSA) is 20.2 Å². The Kier molecular flexibility index (Phi) is 2.63. The fourth-order valence-corrected chi connectivity index (χ4v) is 2.59. The zero-order valence-corrected chi connectivity index (χ0v) is 10.3. The van der Waals surface area contributed by atoms with Crippen molar-refractivity contribution in [3.05, 3.63) is 32.8 Å². The van der Waals surface area contributed by atoms with Gasteiger partial charge in [-0.1, -0.05) is 33.6 Å². The smallest absolute Gasteiger partial charge is 0.0911 e. The van der Waals surface area contributed by atoms with Crippen molar-refractivity contribution >= 4 is 27.5 Å². The number of halogens is 2. The van der Waals surface area contributed by atoms with Gasteiger partial charge in [0.2, 0.25) is 0 Å². The van der Waals surface area contributed by atoms with Gasteiger partial charge in [-0.3, -0.25) is 0 Å². The van der Waals surface area contributed by atoms with E-state index in [2.05, 4.69) is 15.9 Å². The van der Waals surface area contributed by atoms with Crippen molar-refractivity contribution in [2.24, 2.45) is 0 Å². The van der Waals surface area contributed by atoms with E-state index in [0.29, 0.717) is 5.02 Å². The van der Waals surface area contributed by atoms with Crippen LogP contribution in [0.5, 0.6) is 0 Å². The lowest BCUT2D eigenvalue weighted by Crippen LogP contribution is -2.34. The van der Waals surface area contributed by atoms with Crippen molar-refractivity contribution < 1.29 is 5.11 Å². The van der Waals surface area contributed by atoms with Gasteiger partial charge in [0.1, 0.15) is 0 Å². The van der Waals surface area contributed by atoms with Gasteiger partial charge in [-0.05, 0) is 37.8 Å². The monoisotopic (exact) mass is 274 g/mol. The van der Waals surface area contributed by atoms with Crippen LogP contribution < -0.4 is 0 Å². The van der Waals surface area contributed by atoms with Crippen LogP contribution in [0.25, 0.3) is 0 Å². The molecule has 1 aliphatic carbocycles. The van der Waals surface area contributed by atoms with Crippen molar-refractivity contribution in [3.63, 3.8) is 0 Å². The Bertz CT molecular complexity index is 372. The Morgan fingerprint density at radius 3 is 2.57 bits per heavy atom. The van der Waals surface area contributed by atoms with Crippen LogP contribution in [-0.4, -0.2) is 5.11 Å². The summed E-state index contributed by atoms with van der Waals surface area (Å²) >= 11 is 9.63. The standard InChI is InChI=1S/C11H12BrClO/c1-7-9(12)4-3-8(10(7)13)11(14)5-2-6-11/h3-4,14H,2,5-6H2,1H3. The van der Waals surface area contributed by atoms with Gasteiger partial charge in [-0.2, -0.15) is 0 Å². The summed E-state index contributed by atoms with van der Waals surface area (Å²) in [6.45, 7) is 1.96. The normalized spacial score (nSPS) is 19.1. The maximum atomic E-state index is 10.2. The van der Waals surface area contributed by atoms with Gasteiger partial charge in [-0.25, -0.2) is 0 Å². The fraction of sp³-hybridized carbons (Fsp3) is 0.455. The number of aliphatic hydroxyl groups is 1. The van der Waals surface area contributed by atoms with Gasteiger partial charge in [0, 0.05) is 10.0 Å². The maximum absolute atomic E-state index is 10.2. The molecule has 14 heavy (non-hydrogen) atoms. The molecule has 0 heterocycles.